The van der Waals surface area contributed by atoms with Gasteiger partial charge in [0.15, 0.2) is 0 Å². The Bertz CT molecular complexity index is 523. The van der Waals surface area contributed by atoms with Crippen molar-refractivity contribution in [2.75, 3.05) is 0 Å². The highest BCUT2D eigenvalue weighted by Crippen LogP contribution is 2.23. The molecule has 1 aromatic rings. The van der Waals surface area contributed by atoms with Gasteiger partial charge in [-0.3, -0.25) is 0 Å². The number of rotatable bonds is 5. The first-order valence-corrected chi connectivity index (χ1v) is 6.33. The minimum atomic E-state index is -0.147. The van der Waals surface area contributed by atoms with E-state index in [0.717, 1.165) is 16.9 Å². The highest BCUT2D eigenvalue weighted by molar-refractivity contribution is 5.35. The van der Waals surface area contributed by atoms with E-state index >= 15 is 0 Å². The zero-order chi connectivity index (χ0) is 13.5. The van der Waals surface area contributed by atoms with Gasteiger partial charge in [-0.15, -0.1) is 6.58 Å². The summed E-state index contributed by atoms with van der Waals surface area (Å²) in [5, 5.41) is 0. The molecule has 0 radical (unpaired) electrons. The zero-order valence-electron chi connectivity index (χ0n) is 10.8. The van der Waals surface area contributed by atoms with Crippen molar-refractivity contribution in [2.45, 2.75) is 19.4 Å². The second-order valence-corrected chi connectivity index (χ2v) is 4.35. The van der Waals surface area contributed by atoms with E-state index in [1.807, 2.05) is 36.4 Å². The third-order valence-electron chi connectivity index (χ3n) is 2.83. The second kappa shape index (κ2) is 6.74. The molecule has 1 aliphatic carbocycles. The monoisotopic (exact) mass is 256 g/mol. The molecular formula is C17H17FO. The maximum absolute atomic E-state index is 13.4. The molecular weight excluding hydrogens is 239 g/mol. The van der Waals surface area contributed by atoms with Crippen LogP contribution in [0.25, 0.3) is 0 Å². The van der Waals surface area contributed by atoms with E-state index in [-0.39, 0.29) is 5.83 Å². The van der Waals surface area contributed by atoms with E-state index in [1.165, 1.54) is 0 Å². The number of halogens is 1. The van der Waals surface area contributed by atoms with Gasteiger partial charge in [-0.2, -0.15) is 0 Å². The molecule has 98 valence electrons. The first-order valence-electron chi connectivity index (χ1n) is 6.33. The summed E-state index contributed by atoms with van der Waals surface area (Å²) in [5.41, 5.74) is 1.92. The number of allylic oxidation sites excluding steroid dienone is 6. The van der Waals surface area contributed by atoms with Crippen LogP contribution in [-0.4, -0.2) is 0 Å². The molecule has 0 aromatic heterocycles. The highest BCUT2D eigenvalue weighted by atomic mass is 19.1. The number of benzene rings is 1. The van der Waals surface area contributed by atoms with Gasteiger partial charge in [-0.25, -0.2) is 4.39 Å². The Morgan fingerprint density at radius 3 is 2.79 bits per heavy atom. The van der Waals surface area contributed by atoms with Crippen molar-refractivity contribution in [3.8, 4) is 0 Å². The van der Waals surface area contributed by atoms with Crippen molar-refractivity contribution in [3.05, 3.63) is 83.9 Å². The Morgan fingerprint density at radius 2 is 2.05 bits per heavy atom. The van der Waals surface area contributed by atoms with Crippen molar-refractivity contribution in [1.29, 1.82) is 0 Å². The molecule has 1 aromatic carbocycles. The summed E-state index contributed by atoms with van der Waals surface area (Å²) in [6, 6.07) is 9.92. The Balaban J connectivity index is 2.14. The number of hydrogen-bond acceptors (Lipinski definition) is 1. The van der Waals surface area contributed by atoms with E-state index in [9.17, 15) is 4.39 Å². The van der Waals surface area contributed by atoms with E-state index in [1.54, 1.807) is 18.2 Å². The Morgan fingerprint density at radius 1 is 1.26 bits per heavy atom. The molecule has 2 rings (SSSR count). The van der Waals surface area contributed by atoms with Crippen LogP contribution in [0.1, 0.15) is 18.4 Å². The lowest BCUT2D eigenvalue weighted by atomic mass is 10.1. The lowest BCUT2D eigenvalue weighted by molar-refractivity contribution is 0.208. The summed E-state index contributed by atoms with van der Waals surface area (Å²) in [6.45, 7) is 4.18. The fraction of sp³-hybridized carbons (Fsp3) is 0.176. The van der Waals surface area contributed by atoms with Gasteiger partial charge in [0.25, 0.3) is 0 Å². The molecule has 0 N–H and O–H groups in total. The molecule has 2 heteroatoms. The summed E-state index contributed by atoms with van der Waals surface area (Å²) >= 11 is 0. The highest BCUT2D eigenvalue weighted by Gasteiger charge is 2.08. The van der Waals surface area contributed by atoms with Crippen molar-refractivity contribution < 1.29 is 9.13 Å². The van der Waals surface area contributed by atoms with Gasteiger partial charge in [0.1, 0.15) is 18.2 Å². The Labute approximate surface area is 113 Å². The van der Waals surface area contributed by atoms with Crippen LogP contribution in [0.2, 0.25) is 0 Å². The molecule has 0 atom stereocenters. The average molecular weight is 256 g/mol. The van der Waals surface area contributed by atoms with E-state index in [2.05, 4.69) is 6.58 Å². The quantitative estimate of drug-likeness (QED) is 0.684. The van der Waals surface area contributed by atoms with E-state index in [0.29, 0.717) is 19.4 Å². The lowest BCUT2D eigenvalue weighted by Gasteiger charge is -2.10. The van der Waals surface area contributed by atoms with Crippen LogP contribution >= 0.6 is 0 Å². The van der Waals surface area contributed by atoms with Crippen LogP contribution in [0.4, 0.5) is 4.39 Å². The molecule has 0 fully saturated rings. The molecule has 0 saturated carbocycles. The van der Waals surface area contributed by atoms with Crippen LogP contribution in [-0.2, 0) is 11.3 Å². The molecule has 0 unspecified atom stereocenters. The zero-order valence-corrected chi connectivity index (χ0v) is 10.8. The maximum Gasteiger partial charge on any atom is 0.123 e. The summed E-state index contributed by atoms with van der Waals surface area (Å²) in [6.07, 6.45) is 7.83. The molecule has 19 heavy (non-hydrogen) atoms. The molecule has 0 spiro atoms. The fourth-order valence-electron chi connectivity index (χ4n) is 1.90. The number of hydrogen-bond donors (Lipinski definition) is 0. The van der Waals surface area contributed by atoms with Crippen LogP contribution in [0, 0.1) is 0 Å². The van der Waals surface area contributed by atoms with Gasteiger partial charge < -0.3 is 4.74 Å². The van der Waals surface area contributed by atoms with E-state index in [4.69, 9.17) is 4.74 Å². The van der Waals surface area contributed by atoms with Crippen LogP contribution in [0.5, 0.6) is 0 Å². The summed E-state index contributed by atoms with van der Waals surface area (Å²) in [7, 11) is 0. The van der Waals surface area contributed by atoms with Crippen molar-refractivity contribution in [2.24, 2.45) is 0 Å². The summed E-state index contributed by atoms with van der Waals surface area (Å²) in [4.78, 5) is 0. The van der Waals surface area contributed by atoms with Crippen molar-refractivity contribution in [1.82, 2.24) is 0 Å². The molecule has 1 nitrogen and oxygen atoms in total. The standard InChI is InChI=1S/C17H17FO/c1-2-7-15-12-16(18)10-6-11-17(15)19-13-14-8-4-3-5-9-14/h2-6,8-9,11-12H,1,7,10,13H2. The van der Waals surface area contributed by atoms with Crippen molar-refractivity contribution in [3.63, 3.8) is 0 Å². The summed E-state index contributed by atoms with van der Waals surface area (Å²) in [5.74, 6) is 0.572. The van der Waals surface area contributed by atoms with Crippen LogP contribution < -0.4 is 0 Å². The van der Waals surface area contributed by atoms with Gasteiger partial charge in [-0.05, 0) is 24.1 Å². The average Bonchev–Trinajstić information content (AvgIpc) is 2.60. The molecule has 0 saturated heterocycles. The van der Waals surface area contributed by atoms with Gasteiger partial charge in [0.2, 0.25) is 0 Å². The number of ether oxygens (including phenoxy) is 1. The maximum atomic E-state index is 13.4. The van der Waals surface area contributed by atoms with Crippen LogP contribution in [0.3, 0.4) is 0 Å². The molecule has 0 heterocycles. The smallest absolute Gasteiger partial charge is 0.123 e. The summed E-state index contributed by atoms with van der Waals surface area (Å²) < 4.78 is 19.2. The third kappa shape index (κ3) is 3.95. The minimum absolute atomic E-state index is 0.147. The SMILES string of the molecule is C=CCC1=C(OCc2ccccc2)C=CCC(F)=C1. The molecule has 1 aliphatic rings. The molecule has 0 amide bonds. The largest absolute Gasteiger partial charge is 0.489 e. The first kappa shape index (κ1) is 13.3. The van der Waals surface area contributed by atoms with E-state index < -0.39 is 0 Å². The van der Waals surface area contributed by atoms with Gasteiger partial charge in [0.05, 0.1) is 0 Å². The van der Waals surface area contributed by atoms with Gasteiger partial charge in [-0.1, -0.05) is 42.5 Å². The first-order chi connectivity index (χ1) is 9.29. The topological polar surface area (TPSA) is 9.23 Å². The Hall–Kier alpha value is -2.09. The van der Waals surface area contributed by atoms with Gasteiger partial charge >= 0.3 is 0 Å². The normalized spacial score (nSPS) is 14.9. The fourth-order valence-corrected chi connectivity index (χ4v) is 1.90. The predicted molar refractivity (Wildman–Crippen MR) is 76.0 cm³/mol. The molecule has 0 bridgehead atoms. The van der Waals surface area contributed by atoms with Gasteiger partial charge in [0, 0.05) is 12.0 Å². The van der Waals surface area contributed by atoms with Crippen molar-refractivity contribution >= 4 is 0 Å². The van der Waals surface area contributed by atoms with Crippen LogP contribution in [0.15, 0.2) is 78.4 Å². The second-order valence-electron chi connectivity index (χ2n) is 4.35. The minimum Gasteiger partial charge on any atom is -0.489 e. The predicted octanol–water partition coefficient (Wildman–Crippen LogP) is 4.85. The Kier molecular flexibility index (Phi) is 4.73. The lowest BCUT2D eigenvalue weighted by Crippen LogP contribution is -1.95. The molecule has 0 aliphatic heterocycles. The third-order valence-corrected chi connectivity index (χ3v) is 2.83.